The lowest BCUT2D eigenvalue weighted by Crippen LogP contribution is -2.42. The molecule has 0 radical (unpaired) electrons. The van der Waals surface area contributed by atoms with Crippen molar-refractivity contribution in [2.24, 2.45) is 5.92 Å². The van der Waals surface area contributed by atoms with Crippen molar-refractivity contribution in [2.75, 3.05) is 84.5 Å². The van der Waals surface area contributed by atoms with Crippen molar-refractivity contribution in [1.82, 2.24) is 92.2 Å². The molecule has 0 aliphatic carbocycles. The maximum Gasteiger partial charge on any atom is 0.416 e. The van der Waals surface area contributed by atoms with Gasteiger partial charge < -0.3 is 33.6 Å². The molecule has 4 aromatic heterocycles. The van der Waals surface area contributed by atoms with Crippen LogP contribution in [0, 0.1) is 5.92 Å². The summed E-state index contributed by atoms with van der Waals surface area (Å²) in [4.78, 5) is 71.8. The Morgan fingerprint density at radius 2 is 0.672 bits per heavy atom. The molecule has 4 aromatic carbocycles. The molecule has 0 saturated carbocycles. The molecule has 2 unspecified atom stereocenters. The molecule has 16 rings (SSSR count). The lowest BCUT2D eigenvalue weighted by molar-refractivity contribution is -0.139. The summed E-state index contributed by atoms with van der Waals surface area (Å²) in [6.45, 7) is 13.2. The maximum absolute atomic E-state index is 13.3. The fraction of sp³-hybridized carbons (Fsp3) is 0.506. The molecule has 27 nitrogen and oxygen atoms in total. The van der Waals surface area contributed by atoms with Crippen LogP contribution >= 0.6 is 0 Å². The average molecular weight is 1750 g/mol. The number of halogens is 12. The molecule has 4 fully saturated rings. The number of hydrogen-bond donors (Lipinski definition) is 0. The Morgan fingerprint density at radius 1 is 0.361 bits per heavy atom. The molecule has 656 valence electrons. The van der Waals surface area contributed by atoms with Crippen LogP contribution in [0.15, 0.2) is 109 Å². The Labute approximate surface area is 696 Å². The van der Waals surface area contributed by atoms with E-state index in [0.29, 0.717) is 177 Å². The summed E-state index contributed by atoms with van der Waals surface area (Å²) in [6.07, 6.45) is -8.83. The average Bonchev–Trinajstić information content (AvgIpc) is 1.53. The number of fused-ring (bicyclic) bond motifs is 4. The first-order valence-electron chi connectivity index (χ1n) is 40.0. The molecule has 0 N–H and O–H groups in total. The number of amides is 5. The number of rotatable bonds is 11. The van der Waals surface area contributed by atoms with Gasteiger partial charge in [0.2, 0.25) is 39.2 Å². The molecule has 8 aliphatic heterocycles. The van der Waals surface area contributed by atoms with E-state index >= 15 is 0 Å². The van der Waals surface area contributed by atoms with E-state index in [0.717, 1.165) is 54.8 Å². The Morgan fingerprint density at radius 3 is 1.00 bits per heavy atom. The van der Waals surface area contributed by atoms with Crippen LogP contribution in [-0.2, 0) is 101 Å². The van der Waals surface area contributed by atoms with E-state index in [-0.39, 0.29) is 109 Å². The molecule has 41 heteroatoms. The predicted octanol–water partition coefficient (Wildman–Crippen LogP) is 11.6. The zero-order chi connectivity index (χ0) is 87.7. The summed E-state index contributed by atoms with van der Waals surface area (Å²) in [5.74, 6) is 5.10. The van der Waals surface area contributed by atoms with Crippen LogP contribution in [0.25, 0.3) is 0 Å². The van der Waals surface area contributed by atoms with E-state index in [1.807, 2.05) is 11.5 Å². The summed E-state index contributed by atoms with van der Waals surface area (Å²) in [5, 5.41) is 32.5. The zero-order valence-electron chi connectivity index (χ0n) is 67.5. The number of piperidine rings is 4. The third kappa shape index (κ3) is 20.1. The number of benzene rings is 4. The third-order valence-electron chi connectivity index (χ3n) is 24.0. The molecule has 8 aromatic rings. The summed E-state index contributed by atoms with van der Waals surface area (Å²) in [6, 6.07) is 22.6. The van der Waals surface area contributed by atoms with Gasteiger partial charge >= 0.3 is 24.7 Å². The van der Waals surface area contributed by atoms with Crippen molar-refractivity contribution < 1.29 is 89.3 Å². The number of carbonyl (C=O) groups is 5. The number of carbonyl (C=O) groups excluding carboxylic acids is 5. The van der Waals surface area contributed by atoms with Crippen LogP contribution in [0.1, 0.15) is 206 Å². The minimum atomic E-state index is -4.42. The van der Waals surface area contributed by atoms with Gasteiger partial charge in [0.1, 0.15) is 30.0 Å². The second kappa shape index (κ2) is 36.2. The molecule has 12 heterocycles. The molecular formula is C81H93F12N19O8S2. The van der Waals surface area contributed by atoms with Gasteiger partial charge in [-0.3, -0.25) is 37.3 Å². The van der Waals surface area contributed by atoms with Gasteiger partial charge in [0.25, 0.3) is 23.6 Å². The number of likely N-dealkylation sites (tertiary alicyclic amines) is 4. The highest BCUT2D eigenvalue weighted by Crippen LogP contribution is 2.44. The van der Waals surface area contributed by atoms with Gasteiger partial charge in [0.15, 0.2) is 0 Å². The Hall–Kier alpha value is -10.4. The second-order valence-corrected chi connectivity index (χ2v) is 36.3. The predicted molar refractivity (Wildman–Crippen MR) is 422 cm³/mol. The normalized spacial score (nSPS) is 19.2. The van der Waals surface area contributed by atoms with Crippen LogP contribution < -0.4 is 0 Å². The second-order valence-electron chi connectivity index (χ2n) is 31.9. The minimum absolute atomic E-state index is 0.0301. The van der Waals surface area contributed by atoms with Gasteiger partial charge in [-0.1, -0.05) is 84.9 Å². The zero-order valence-corrected chi connectivity index (χ0v) is 69.1. The maximum atomic E-state index is 13.3. The van der Waals surface area contributed by atoms with Crippen LogP contribution in [0.2, 0.25) is 0 Å². The van der Waals surface area contributed by atoms with Crippen LogP contribution in [0.3, 0.4) is 0 Å². The fourth-order valence-electron chi connectivity index (χ4n) is 17.2. The monoisotopic (exact) mass is 1750 g/mol. The fourth-order valence-corrected chi connectivity index (χ4v) is 18.8. The van der Waals surface area contributed by atoms with E-state index in [2.05, 4.69) is 53.2 Å². The number of hydrogen-bond acceptors (Lipinski definition) is 16. The van der Waals surface area contributed by atoms with Crippen molar-refractivity contribution in [1.29, 1.82) is 0 Å². The van der Waals surface area contributed by atoms with Gasteiger partial charge in [-0.15, -0.1) is 40.8 Å². The van der Waals surface area contributed by atoms with Gasteiger partial charge in [-0.25, -0.2) is 12.7 Å². The largest absolute Gasteiger partial charge is 0.416 e. The SMILES string of the molecule is C=C(C)C1CCn2c(nnc2C(=O)N2CCC(c3ccccc3C(F)(F)F)CC2)C1.C=S(C)(=O)N1CCn2c(nnc2C(=O)N2CCC(c3ccccc3C(F)(F)F)CC2)C1.CC(=O)N1CCc2nnc(C(=O)N3CCC(c4ccccc4C(F)(F)F)CC3)n2C1.CS(=O)(=O)N1CCc2nnc(C(=O)N3CCC(c4ccccc4C(F)(F)F)CC3)n2C1. The number of alkyl halides is 12. The van der Waals surface area contributed by atoms with Crippen molar-refractivity contribution in [3.05, 3.63) is 200 Å². The van der Waals surface area contributed by atoms with Crippen LogP contribution in [0.4, 0.5) is 52.7 Å². The van der Waals surface area contributed by atoms with Crippen molar-refractivity contribution in [3.63, 3.8) is 0 Å². The lowest BCUT2D eigenvalue weighted by atomic mass is 9.86. The Bertz CT molecular complexity index is 5420. The highest BCUT2D eigenvalue weighted by atomic mass is 32.2. The molecule has 5 amide bonds. The smallest absolute Gasteiger partial charge is 0.336 e. The minimum Gasteiger partial charge on any atom is -0.336 e. The number of nitrogens with zero attached hydrogens (tertiary/aromatic N) is 19. The highest BCUT2D eigenvalue weighted by Gasteiger charge is 2.44. The number of aromatic nitrogens is 12. The standard InChI is InChI=1S/C22H25F3N4O.C20H24F3N5O2S.C20H22F3N5O2.C19H22F3N5O3S/c1-14(2)16-9-12-29-19(13-16)26-27-20(29)21(30)28-10-7-15(8-11-28)17-5-3-4-6-18(17)22(23,24)25;1-31(2,30)27-11-12-28-17(13-27)24-25-18(28)19(29)26-9-7-14(8-10-26)15-5-3-4-6-16(15)20(21,22)23;1-13(29)27-11-8-17-24-25-18(28(17)12-27)19(30)26-9-6-14(7-10-26)15-4-2-3-5-16(15)20(21,22)23;1-31(29,30)26-11-8-16-23-24-17(27(16)12-26)18(28)25-9-6-13(7-10-25)14-4-2-3-5-15(14)19(20,21)22/h3-6,15-16H,1,7-13H2,2H3;3-6,14H,1,7-13H2,2H3;2-5,14H,6-12H2,1H3;2-5,13H,6-12H2,1H3. The van der Waals surface area contributed by atoms with E-state index in [9.17, 15) is 89.3 Å². The van der Waals surface area contributed by atoms with Gasteiger partial charge in [-0.05, 0) is 147 Å². The summed E-state index contributed by atoms with van der Waals surface area (Å²) < 4.78 is 206. The Balaban J connectivity index is 0.000000140. The van der Waals surface area contributed by atoms with Gasteiger partial charge in [0, 0.05) is 127 Å². The van der Waals surface area contributed by atoms with E-state index in [1.54, 1.807) is 74.5 Å². The van der Waals surface area contributed by atoms with Crippen molar-refractivity contribution in [2.45, 2.75) is 172 Å². The van der Waals surface area contributed by atoms with Crippen LogP contribution in [-0.4, -0.2) is 225 Å². The van der Waals surface area contributed by atoms with E-state index < -0.39 is 72.6 Å². The summed E-state index contributed by atoms with van der Waals surface area (Å²) >= 11 is 0. The lowest BCUT2D eigenvalue weighted by Gasteiger charge is -2.33. The number of allylic oxidation sites excluding steroid dienone is 1. The first-order valence-corrected chi connectivity index (χ1v) is 44.0. The first-order chi connectivity index (χ1) is 57.6. The van der Waals surface area contributed by atoms with Crippen molar-refractivity contribution >= 4 is 55.1 Å². The van der Waals surface area contributed by atoms with E-state index in [4.69, 9.17) is 0 Å². The van der Waals surface area contributed by atoms with Gasteiger partial charge in [0.05, 0.1) is 41.7 Å². The molecule has 122 heavy (non-hydrogen) atoms. The van der Waals surface area contributed by atoms with E-state index in [1.165, 1.54) is 58.3 Å². The summed E-state index contributed by atoms with van der Waals surface area (Å²) in [7, 11) is -5.80. The molecule has 8 aliphatic rings. The number of sulfonamides is 1. The quantitative estimate of drug-likeness (QED) is 0.0661. The molecule has 0 spiro atoms. The van der Waals surface area contributed by atoms with Gasteiger partial charge in [-0.2, -0.15) is 57.0 Å². The topological polar surface area (TPSA) is 282 Å². The summed E-state index contributed by atoms with van der Waals surface area (Å²) in [5.41, 5.74) is -0.153. The molecular weight excluding hydrogens is 1660 g/mol. The molecule has 2 atom stereocenters. The first kappa shape index (κ1) is 89.3. The van der Waals surface area contributed by atoms with Crippen LogP contribution in [0.5, 0.6) is 0 Å². The Kier molecular flexibility index (Phi) is 26.5. The van der Waals surface area contributed by atoms with Crippen molar-refractivity contribution in [3.8, 4) is 0 Å². The molecule has 0 bridgehead atoms. The third-order valence-corrected chi connectivity index (χ3v) is 26.6. The highest BCUT2D eigenvalue weighted by molar-refractivity contribution is 7.97. The molecule has 4 saturated heterocycles.